The minimum atomic E-state index is -3.37. The number of rotatable bonds is 11. The summed E-state index contributed by atoms with van der Waals surface area (Å²) in [5, 5.41) is 10.1. The first-order valence-electron chi connectivity index (χ1n) is 9.74. The van der Waals surface area contributed by atoms with E-state index >= 15 is 0 Å². The Labute approximate surface area is 166 Å². The topological polar surface area (TPSA) is 66.8 Å². The monoisotopic (exact) mass is 399 g/mol. The van der Waals surface area contributed by atoms with E-state index < -0.39 is 30.4 Å². The molecule has 158 valence electrons. The summed E-state index contributed by atoms with van der Waals surface area (Å²) in [6.07, 6.45) is 5.23. The van der Waals surface area contributed by atoms with Gasteiger partial charge in [0, 0.05) is 25.8 Å². The molecule has 0 aromatic carbocycles. The fraction of sp³-hybridized carbons (Fsp3) is 0.714. The van der Waals surface area contributed by atoms with E-state index in [0.717, 1.165) is 12.8 Å². The summed E-state index contributed by atoms with van der Waals surface area (Å²) in [7, 11) is 1.34. The Bertz CT molecular complexity index is 609. The minimum Gasteiger partial charge on any atom is -0.469 e. The number of aliphatic hydroxyl groups excluding tert-OH is 1. The van der Waals surface area contributed by atoms with Gasteiger partial charge in [-0.1, -0.05) is 31.9 Å². The number of alkyl halides is 2. The first-order valence-corrected chi connectivity index (χ1v) is 9.74. The van der Waals surface area contributed by atoms with Crippen molar-refractivity contribution in [3.8, 4) is 11.8 Å². The Hall–Kier alpha value is -1.94. The summed E-state index contributed by atoms with van der Waals surface area (Å²) in [5.74, 6) is 0.728. The smallest absolute Gasteiger partial charge is 0.327 e. The number of unbranched alkanes of at least 4 members (excludes halogenated alkanes) is 3. The van der Waals surface area contributed by atoms with E-state index in [4.69, 9.17) is 0 Å². The summed E-state index contributed by atoms with van der Waals surface area (Å²) in [6, 6.07) is -0.725. The third kappa shape index (κ3) is 7.59. The summed E-state index contributed by atoms with van der Waals surface area (Å²) in [6.45, 7) is 3.78. The quantitative estimate of drug-likeness (QED) is 0.251. The highest BCUT2D eigenvalue weighted by molar-refractivity contribution is 5.86. The molecule has 0 aromatic rings. The lowest BCUT2D eigenvalue weighted by Crippen LogP contribution is -2.36. The predicted molar refractivity (Wildman–Crippen MR) is 103 cm³/mol. The Morgan fingerprint density at radius 3 is 2.71 bits per heavy atom. The molecule has 0 aromatic heterocycles. The average Bonchev–Trinajstić information content (AvgIpc) is 2.89. The van der Waals surface area contributed by atoms with E-state index in [0.29, 0.717) is 25.7 Å². The zero-order chi connectivity index (χ0) is 21.2. The summed E-state index contributed by atoms with van der Waals surface area (Å²) < 4.78 is 32.3. The molecule has 7 heteroatoms. The van der Waals surface area contributed by atoms with E-state index in [-0.39, 0.29) is 18.4 Å². The van der Waals surface area contributed by atoms with Crippen molar-refractivity contribution in [3.05, 3.63) is 12.2 Å². The highest BCUT2D eigenvalue weighted by Crippen LogP contribution is 2.34. The molecule has 1 amide bonds. The van der Waals surface area contributed by atoms with Crippen LogP contribution in [-0.2, 0) is 14.3 Å². The van der Waals surface area contributed by atoms with Crippen molar-refractivity contribution in [1.29, 1.82) is 0 Å². The highest BCUT2D eigenvalue weighted by atomic mass is 19.3. The Morgan fingerprint density at radius 2 is 2.07 bits per heavy atom. The van der Waals surface area contributed by atoms with E-state index in [9.17, 15) is 23.5 Å². The molecule has 1 saturated heterocycles. The van der Waals surface area contributed by atoms with Crippen LogP contribution in [0.4, 0.5) is 8.78 Å². The molecular formula is C21H31F2NO4. The molecule has 1 aliphatic heterocycles. The molecule has 1 rings (SSSR count). The molecule has 0 spiro atoms. The van der Waals surface area contributed by atoms with E-state index in [1.165, 1.54) is 24.2 Å². The van der Waals surface area contributed by atoms with Gasteiger partial charge in [-0.3, -0.25) is 9.59 Å². The lowest BCUT2D eigenvalue weighted by Gasteiger charge is -2.22. The van der Waals surface area contributed by atoms with Gasteiger partial charge in [-0.05, 0) is 25.7 Å². The van der Waals surface area contributed by atoms with Crippen LogP contribution in [0.2, 0.25) is 0 Å². The third-order valence-corrected chi connectivity index (χ3v) is 4.91. The third-order valence-electron chi connectivity index (χ3n) is 4.91. The molecule has 0 radical (unpaired) electrons. The molecule has 1 heterocycles. The number of hydrogen-bond donors (Lipinski definition) is 1. The van der Waals surface area contributed by atoms with Gasteiger partial charge in [0.2, 0.25) is 0 Å². The van der Waals surface area contributed by atoms with E-state index in [1.54, 1.807) is 6.92 Å². The maximum atomic E-state index is 13.9. The van der Waals surface area contributed by atoms with Gasteiger partial charge in [0.1, 0.15) is 0 Å². The average molecular weight is 399 g/mol. The summed E-state index contributed by atoms with van der Waals surface area (Å²) in [5.41, 5.74) is 0. The van der Waals surface area contributed by atoms with E-state index in [2.05, 4.69) is 16.6 Å². The standard InChI is InChI=1S/C21H31F2NO4/c1-4-5-10-16(2)18(25)13-12-17-15-21(22,23)20(27)24(17)14-9-7-6-8-11-19(26)28-3/h12-13,16-18,25H,6-11,14-15H2,1-3H3/b13-12+/t16-,17?,18+/m0/s1. The molecule has 28 heavy (non-hydrogen) atoms. The Balaban J connectivity index is 2.55. The summed E-state index contributed by atoms with van der Waals surface area (Å²) >= 11 is 0. The van der Waals surface area contributed by atoms with Crippen molar-refractivity contribution in [2.75, 3.05) is 13.7 Å². The normalized spacial score (nSPS) is 20.7. The Morgan fingerprint density at radius 1 is 1.39 bits per heavy atom. The number of carbonyl (C=O) groups is 2. The van der Waals surface area contributed by atoms with Crippen molar-refractivity contribution in [1.82, 2.24) is 4.90 Å². The van der Waals surface area contributed by atoms with Gasteiger partial charge in [-0.15, -0.1) is 11.8 Å². The fourth-order valence-electron chi connectivity index (χ4n) is 3.08. The van der Waals surface area contributed by atoms with Gasteiger partial charge < -0.3 is 14.7 Å². The second-order valence-electron chi connectivity index (χ2n) is 7.20. The van der Waals surface area contributed by atoms with Crippen LogP contribution < -0.4 is 0 Å². The van der Waals surface area contributed by atoms with Crippen LogP contribution >= 0.6 is 0 Å². The second-order valence-corrected chi connectivity index (χ2v) is 7.20. The largest absolute Gasteiger partial charge is 0.469 e. The fourth-order valence-corrected chi connectivity index (χ4v) is 3.08. The summed E-state index contributed by atoms with van der Waals surface area (Å²) in [4.78, 5) is 24.3. The lowest BCUT2D eigenvalue weighted by molar-refractivity contribution is -0.148. The van der Waals surface area contributed by atoms with Gasteiger partial charge in [0.05, 0.1) is 19.3 Å². The predicted octanol–water partition coefficient (Wildman–Crippen LogP) is 3.31. The zero-order valence-electron chi connectivity index (χ0n) is 16.9. The molecule has 0 aliphatic carbocycles. The highest BCUT2D eigenvalue weighted by Gasteiger charge is 2.52. The SMILES string of the molecule is CC#CC[C@H](C)[C@H](O)/C=C/C1CC(F)(F)C(=O)N1CCCCCCC(=O)OC. The number of nitrogens with zero attached hydrogens (tertiary/aromatic N) is 1. The molecule has 1 unspecified atom stereocenters. The van der Waals surface area contributed by atoms with Gasteiger partial charge in [0.25, 0.3) is 5.91 Å². The molecule has 5 nitrogen and oxygen atoms in total. The minimum absolute atomic E-state index is 0.121. The van der Waals surface area contributed by atoms with Crippen LogP contribution in [0.1, 0.15) is 58.8 Å². The van der Waals surface area contributed by atoms with Crippen molar-refractivity contribution in [2.24, 2.45) is 5.92 Å². The van der Waals surface area contributed by atoms with Gasteiger partial charge in [0.15, 0.2) is 0 Å². The molecule has 1 N–H and O–H groups in total. The number of methoxy groups -OCH3 is 1. The van der Waals surface area contributed by atoms with Gasteiger partial charge >= 0.3 is 11.9 Å². The van der Waals surface area contributed by atoms with Crippen LogP contribution in [0, 0.1) is 17.8 Å². The molecule has 1 fully saturated rings. The lowest BCUT2D eigenvalue weighted by atomic mass is 10.00. The van der Waals surface area contributed by atoms with Gasteiger partial charge in [-0.25, -0.2) is 0 Å². The number of carbonyl (C=O) groups excluding carboxylic acids is 2. The first-order chi connectivity index (χ1) is 13.2. The molecule has 0 bridgehead atoms. The van der Waals surface area contributed by atoms with Crippen LogP contribution in [0.25, 0.3) is 0 Å². The number of likely N-dealkylation sites (tertiary alicyclic amines) is 1. The first kappa shape index (κ1) is 24.1. The number of halogens is 2. The van der Waals surface area contributed by atoms with E-state index in [1.807, 2.05) is 6.92 Å². The molecular weight excluding hydrogens is 368 g/mol. The maximum Gasteiger partial charge on any atom is 0.327 e. The number of hydrogen-bond acceptors (Lipinski definition) is 4. The molecule has 0 saturated carbocycles. The van der Waals surface area contributed by atoms with Crippen LogP contribution in [0.3, 0.4) is 0 Å². The molecule has 3 atom stereocenters. The van der Waals surface area contributed by atoms with Gasteiger partial charge in [-0.2, -0.15) is 8.78 Å². The number of amides is 1. The van der Waals surface area contributed by atoms with Crippen molar-refractivity contribution in [2.45, 2.75) is 76.9 Å². The van der Waals surface area contributed by atoms with Crippen molar-refractivity contribution >= 4 is 11.9 Å². The van der Waals surface area contributed by atoms with Crippen LogP contribution in [-0.4, -0.2) is 53.6 Å². The second kappa shape index (κ2) is 11.8. The number of ether oxygens (including phenoxy) is 1. The van der Waals surface area contributed by atoms with Crippen LogP contribution in [0.15, 0.2) is 12.2 Å². The van der Waals surface area contributed by atoms with Crippen LogP contribution in [0.5, 0.6) is 0 Å². The zero-order valence-corrected chi connectivity index (χ0v) is 16.9. The molecule has 1 aliphatic rings. The Kier molecular flexibility index (Phi) is 10.2. The van der Waals surface area contributed by atoms with Crippen molar-refractivity contribution in [3.63, 3.8) is 0 Å². The maximum absolute atomic E-state index is 13.9. The van der Waals surface area contributed by atoms with Crippen molar-refractivity contribution < 1.29 is 28.2 Å². The number of esters is 1. The number of aliphatic hydroxyl groups is 1.